The van der Waals surface area contributed by atoms with E-state index in [1.165, 1.54) is 33.5 Å². The molecule has 2 heterocycles. The molecule has 30 heavy (non-hydrogen) atoms. The fourth-order valence-corrected chi connectivity index (χ4v) is 5.97. The van der Waals surface area contributed by atoms with Crippen molar-refractivity contribution in [2.24, 2.45) is 4.99 Å². The summed E-state index contributed by atoms with van der Waals surface area (Å²) in [6.07, 6.45) is 2.00. The quantitative estimate of drug-likeness (QED) is 0.502. The van der Waals surface area contributed by atoms with Gasteiger partial charge in [-0.2, -0.15) is 0 Å². The number of benzene rings is 2. The van der Waals surface area contributed by atoms with Crippen molar-refractivity contribution in [1.82, 2.24) is 4.90 Å². The number of carbonyl (C=O) groups is 1. The summed E-state index contributed by atoms with van der Waals surface area (Å²) in [5.74, 6) is 0.0739. The van der Waals surface area contributed by atoms with E-state index in [0.717, 1.165) is 40.2 Å². The number of fused-ring (bicyclic) bond motifs is 1. The highest BCUT2D eigenvalue weighted by atomic mass is 32.2. The Labute approximate surface area is 187 Å². The highest BCUT2D eigenvalue weighted by molar-refractivity contribution is 8.19. The van der Waals surface area contributed by atoms with Gasteiger partial charge in [-0.1, -0.05) is 43.3 Å². The van der Waals surface area contributed by atoms with Crippen LogP contribution in [0.3, 0.4) is 0 Å². The van der Waals surface area contributed by atoms with Crippen molar-refractivity contribution >= 4 is 46.0 Å². The number of para-hydroxylation sites is 1. The Kier molecular flexibility index (Phi) is 6.25. The molecule has 0 atom stereocenters. The second-order valence-corrected chi connectivity index (χ2v) is 9.53. The van der Waals surface area contributed by atoms with E-state index in [9.17, 15) is 4.79 Å². The molecular formula is C24H27N3OS2. The predicted molar refractivity (Wildman–Crippen MR) is 130 cm³/mol. The second-order valence-electron chi connectivity index (χ2n) is 7.52. The minimum atomic E-state index is 0.0739. The van der Waals surface area contributed by atoms with Crippen LogP contribution in [-0.4, -0.2) is 29.1 Å². The van der Waals surface area contributed by atoms with Gasteiger partial charge in [-0.25, -0.2) is 4.99 Å². The minimum absolute atomic E-state index is 0.0739. The van der Waals surface area contributed by atoms with Crippen LogP contribution < -0.4 is 4.90 Å². The molecule has 4 nitrogen and oxygen atoms in total. The molecule has 0 unspecified atom stereocenters. The molecule has 0 bridgehead atoms. The molecular weight excluding hydrogens is 410 g/mol. The van der Waals surface area contributed by atoms with E-state index in [4.69, 9.17) is 4.99 Å². The van der Waals surface area contributed by atoms with Gasteiger partial charge in [0.25, 0.3) is 5.91 Å². The Morgan fingerprint density at radius 1 is 0.967 bits per heavy atom. The average Bonchev–Trinajstić information content (AvgIpc) is 3.26. The number of aryl methyl sites for hydroxylation is 2. The molecule has 2 aliphatic rings. The smallest absolute Gasteiger partial charge is 0.269 e. The third kappa shape index (κ3) is 3.91. The zero-order valence-electron chi connectivity index (χ0n) is 17.9. The first-order chi connectivity index (χ1) is 14.5. The van der Waals surface area contributed by atoms with Crippen LogP contribution in [0.4, 0.5) is 11.4 Å². The zero-order valence-corrected chi connectivity index (χ0v) is 19.6. The van der Waals surface area contributed by atoms with Crippen LogP contribution in [0, 0.1) is 13.8 Å². The molecule has 2 aromatic carbocycles. The van der Waals surface area contributed by atoms with Gasteiger partial charge in [0.05, 0.1) is 11.4 Å². The van der Waals surface area contributed by atoms with Gasteiger partial charge in [0.1, 0.15) is 9.93 Å². The fraction of sp³-hybridized carbons (Fsp3) is 0.333. The van der Waals surface area contributed by atoms with Gasteiger partial charge < -0.3 is 4.90 Å². The normalized spacial score (nSPS) is 19.9. The van der Waals surface area contributed by atoms with E-state index in [1.54, 1.807) is 11.8 Å². The molecule has 4 rings (SSSR count). The number of anilines is 1. The summed E-state index contributed by atoms with van der Waals surface area (Å²) in [5.41, 5.74) is 4.54. The molecule has 2 aliphatic heterocycles. The maximum atomic E-state index is 13.5. The number of unbranched alkanes of at least 4 members (excludes halogenated alkanes) is 1. The lowest BCUT2D eigenvalue weighted by Crippen LogP contribution is -2.30. The average molecular weight is 438 g/mol. The van der Waals surface area contributed by atoms with Crippen LogP contribution in [0.1, 0.15) is 37.8 Å². The maximum Gasteiger partial charge on any atom is 0.269 e. The van der Waals surface area contributed by atoms with Crippen molar-refractivity contribution in [2.45, 2.75) is 45.4 Å². The lowest BCUT2D eigenvalue weighted by Gasteiger charge is -2.19. The van der Waals surface area contributed by atoms with Crippen molar-refractivity contribution in [3.8, 4) is 0 Å². The number of thioether (sulfide) groups is 2. The largest absolute Gasteiger partial charge is 0.334 e. The molecule has 0 saturated carbocycles. The summed E-state index contributed by atoms with van der Waals surface area (Å²) in [4.78, 5) is 24.5. The molecule has 156 valence electrons. The van der Waals surface area contributed by atoms with Crippen molar-refractivity contribution in [2.75, 3.05) is 18.0 Å². The number of hydrogen-bond acceptors (Lipinski definition) is 5. The number of carbonyl (C=O) groups excluding carboxylic acids is 1. The van der Waals surface area contributed by atoms with E-state index in [2.05, 4.69) is 69.0 Å². The molecule has 0 radical (unpaired) electrons. The van der Waals surface area contributed by atoms with E-state index in [0.29, 0.717) is 6.54 Å². The summed E-state index contributed by atoms with van der Waals surface area (Å²) in [5, 5.41) is 1.81. The molecule has 1 saturated heterocycles. The van der Waals surface area contributed by atoms with Gasteiger partial charge in [0.15, 0.2) is 5.17 Å². The van der Waals surface area contributed by atoms with Gasteiger partial charge in [-0.05, 0) is 74.3 Å². The number of hydrogen-bond donors (Lipinski definition) is 0. The Hall–Kier alpha value is -2.18. The van der Waals surface area contributed by atoms with Gasteiger partial charge in [-0.3, -0.25) is 9.69 Å². The first-order valence-corrected chi connectivity index (χ1v) is 12.1. The first kappa shape index (κ1) is 21.1. The Bertz CT molecular complexity index is 1040. The standard InChI is InChI=1S/C24H27N3OS2/c1-5-7-14-27-22(28)21(23-26(6-2)19-10-8-9-11-20(19)29-23)30-24(27)25-18-13-12-16(3)17(4)15-18/h8-13,15H,5-7,14H2,1-4H3/b23-21-,25-24?. The van der Waals surface area contributed by atoms with Crippen LogP contribution >= 0.6 is 23.5 Å². The Morgan fingerprint density at radius 3 is 2.50 bits per heavy atom. The highest BCUT2D eigenvalue weighted by Crippen LogP contribution is 2.50. The van der Waals surface area contributed by atoms with Crippen molar-refractivity contribution in [3.63, 3.8) is 0 Å². The van der Waals surface area contributed by atoms with Crippen molar-refractivity contribution in [1.29, 1.82) is 0 Å². The second kappa shape index (κ2) is 8.90. The predicted octanol–water partition coefficient (Wildman–Crippen LogP) is 6.47. The summed E-state index contributed by atoms with van der Waals surface area (Å²) in [6, 6.07) is 14.6. The molecule has 0 aliphatic carbocycles. The Balaban J connectivity index is 1.74. The zero-order chi connectivity index (χ0) is 21.3. The topological polar surface area (TPSA) is 35.9 Å². The summed E-state index contributed by atoms with van der Waals surface area (Å²) in [6.45, 7) is 10.0. The van der Waals surface area contributed by atoms with E-state index in [-0.39, 0.29) is 5.91 Å². The minimum Gasteiger partial charge on any atom is -0.334 e. The molecule has 2 aromatic rings. The Morgan fingerprint density at radius 2 is 1.77 bits per heavy atom. The van der Waals surface area contributed by atoms with E-state index >= 15 is 0 Å². The van der Waals surface area contributed by atoms with E-state index < -0.39 is 0 Å². The SMILES string of the molecule is CCCCN1C(=O)/C(=C2/Sc3ccccc3N2CC)SC1=Nc1ccc(C)c(C)c1. The van der Waals surface area contributed by atoms with Crippen LogP contribution in [0.5, 0.6) is 0 Å². The van der Waals surface area contributed by atoms with Crippen LogP contribution in [0.25, 0.3) is 0 Å². The summed E-state index contributed by atoms with van der Waals surface area (Å²) in [7, 11) is 0. The van der Waals surface area contributed by atoms with Crippen LogP contribution in [0.2, 0.25) is 0 Å². The number of amides is 1. The van der Waals surface area contributed by atoms with Crippen molar-refractivity contribution < 1.29 is 4.79 Å². The van der Waals surface area contributed by atoms with Gasteiger partial charge >= 0.3 is 0 Å². The number of nitrogens with zero attached hydrogens (tertiary/aromatic N) is 3. The summed E-state index contributed by atoms with van der Waals surface area (Å²) < 4.78 is 0. The number of rotatable bonds is 5. The first-order valence-electron chi connectivity index (χ1n) is 10.5. The third-order valence-corrected chi connectivity index (χ3v) is 7.81. The maximum absolute atomic E-state index is 13.5. The lowest BCUT2D eigenvalue weighted by molar-refractivity contribution is -0.122. The van der Waals surface area contributed by atoms with E-state index in [1.807, 2.05) is 11.0 Å². The molecule has 0 spiro atoms. The number of amidine groups is 1. The highest BCUT2D eigenvalue weighted by Gasteiger charge is 2.39. The molecule has 0 N–H and O–H groups in total. The van der Waals surface area contributed by atoms with Gasteiger partial charge in [0.2, 0.25) is 0 Å². The fourth-order valence-electron chi connectivity index (χ4n) is 3.55. The number of aliphatic imine (C=N–C) groups is 1. The molecule has 1 amide bonds. The van der Waals surface area contributed by atoms with Crippen LogP contribution in [0.15, 0.2) is 62.3 Å². The molecule has 6 heteroatoms. The van der Waals surface area contributed by atoms with Crippen LogP contribution in [-0.2, 0) is 4.79 Å². The lowest BCUT2D eigenvalue weighted by atomic mass is 10.1. The third-order valence-electron chi connectivity index (χ3n) is 5.43. The molecule has 1 fully saturated rings. The van der Waals surface area contributed by atoms with Gasteiger partial charge in [0, 0.05) is 18.0 Å². The van der Waals surface area contributed by atoms with Gasteiger partial charge in [-0.15, -0.1) is 0 Å². The van der Waals surface area contributed by atoms with Crippen molar-refractivity contribution in [3.05, 3.63) is 63.5 Å². The monoisotopic (exact) mass is 437 g/mol. The molecule has 0 aromatic heterocycles. The summed E-state index contributed by atoms with van der Waals surface area (Å²) >= 11 is 3.20.